The number of benzene rings is 1. The summed E-state index contributed by atoms with van der Waals surface area (Å²) in [5.41, 5.74) is 2.48. The zero-order chi connectivity index (χ0) is 15.5. The van der Waals surface area contributed by atoms with Gasteiger partial charge in [0.2, 0.25) is 11.7 Å². The van der Waals surface area contributed by atoms with Crippen molar-refractivity contribution in [1.82, 2.24) is 20.2 Å². The summed E-state index contributed by atoms with van der Waals surface area (Å²) in [6.45, 7) is 1.91. The molecule has 0 saturated heterocycles. The standard InChI is InChI=1S/C14H12ClN5OS/c1-9-2-3-12(11(15)6-9)16-13(21)7-20-18-14(17-19-20)10-4-5-22-8-10/h2-6,8H,7H2,1H3,(H,16,21). The van der Waals surface area contributed by atoms with E-state index < -0.39 is 0 Å². The molecule has 0 bridgehead atoms. The lowest BCUT2D eigenvalue weighted by Gasteiger charge is -2.07. The first kappa shape index (κ1) is 14.7. The Bertz CT molecular complexity index is 799. The fourth-order valence-electron chi connectivity index (χ4n) is 1.86. The Morgan fingerprint density at radius 1 is 1.41 bits per heavy atom. The molecule has 112 valence electrons. The van der Waals surface area contributed by atoms with Crippen LogP contribution in [0, 0.1) is 6.92 Å². The van der Waals surface area contributed by atoms with Crippen molar-refractivity contribution in [2.24, 2.45) is 0 Å². The number of aryl methyl sites for hydroxylation is 1. The molecule has 6 nitrogen and oxygen atoms in total. The number of nitrogens with zero attached hydrogens (tertiary/aromatic N) is 4. The van der Waals surface area contributed by atoms with Crippen LogP contribution in [-0.2, 0) is 11.3 Å². The van der Waals surface area contributed by atoms with E-state index >= 15 is 0 Å². The molecule has 3 aromatic rings. The second-order valence-corrected chi connectivity index (χ2v) is 5.87. The third kappa shape index (κ3) is 3.32. The van der Waals surface area contributed by atoms with Gasteiger partial charge in [0, 0.05) is 10.9 Å². The van der Waals surface area contributed by atoms with Crippen molar-refractivity contribution in [3.8, 4) is 11.4 Å². The number of tetrazole rings is 1. The van der Waals surface area contributed by atoms with E-state index in [0.29, 0.717) is 16.5 Å². The molecule has 0 saturated carbocycles. The second kappa shape index (κ2) is 6.25. The molecule has 2 aromatic heterocycles. The van der Waals surface area contributed by atoms with Crippen molar-refractivity contribution in [2.75, 3.05) is 5.32 Å². The van der Waals surface area contributed by atoms with Gasteiger partial charge in [-0.2, -0.15) is 16.1 Å². The monoisotopic (exact) mass is 333 g/mol. The van der Waals surface area contributed by atoms with E-state index in [4.69, 9.17) is 11.6 Å². The number of thiophene rings is 1. The summed E-state index contributed by atoms with van der Waals surface area (Å²) in [5, 5.41) is 19.1. The molecule has 0 unspecified atom stereocenters. The van der Waals surface area contributed by atoms with Crippen LogP contribution in [0.25, 0.3) is 11.4 Å². The summed E-state index contributed by atoms with van der Waals surface area (Å²) in [6, 6.07) is 7.34. The number of nitrogens with one attached hydrogen (secondary N) is 1. The topological polar surface area (TPSA) is 72.7 Å². The largest absolute Gasteiger partial charge is 0.323 e. The van der Waals surface area contributed by atoms with Crippen molar-refractivity contribution in [1.29, 1.82) is 0 Å². The second-order valence-electron chi connectivity index (χ2n) is 4.69. The van der Waals surface area contributed by atoms with Crippen LogP contribution in [0.5, 0.6) is 0 Å². The van der Waals surface area contributed by atoms with Gasteiger partial charge in [-0.15, -0.1) is 10.2 Å². The zero-order valence-electron chi connectivity index (χ0n) is 11.7. The third-order valence-corrected chi connectivity index (χ3v) is 3.91. The Balaban J connectivity index is 1.67. The Morgan fingerprint density at radius 3 is 3.00 bits per heavy atom. The first-order chi connectivity index (χ1) is 10.6. The highest BCUT2D eigenvalue weighted by Gasteiger charge is 2.11. The van der Waals surface area contributed by atoms with Crippen LogP contribution >= 0.6 is 22.9 Å². The van der Waals surface area contributed by atoms with Crippen LogP contribution in [0.4, 0.5) is 5.69 Å². The summed E-state index contributed by atoms with van der Waals surface area (Å²) in [7, 11) is 0. The molecule has 2 heterocycles. The number of amides is 1. The van der Waals surface area contributed by atoms with E-state index in [1.165, 1.54) is 4.80 Å². The lowest BCUT2D eigenvalue weighted by atomic mass is 10.2. The molecule has 3 rings (SSSR count). The number of rotatable bonds is 4. The molecule has 0 aliphatic carbocycles. The highest BCUT2D eigenvalue weighted by Crippen LogP contribution is 2.22. The number of anilines is 1. The van der Waals surface area contributed by atoms with Crippen molar-refractivity contribution >= 4 is 34.5 Å². The zero-order valence-corrected chi connectivity index (χ0v) is 13.2. The summed E-state index contributed by atoms with van der Waals surface area (Å²) in [6.07, 6.45) is 0. The van der Waals surface area contributed by atoms with Gasteiger partial charge in [0.1, 0.15) is 6.54 Å². The van der Waals surface area contributed by atoms with E-state index in [9.17, 15) is 4.79 Å². The van der Waals surface area contributed by atoms with Gasteiger partial charge < -0.3 is 5.32 Å². The fourth-order valence-corrected chi connectivity index (χ4v) is 2.77. The molecule has 22 heavy (non-hydrogen) atoms. The van der Waals surface area contributed by atoms with Gasteiger partial charge >= 0.3 is 0 Å². The molecular weight excluding hydrogens is 322 g/mol. The van der Waals surface area contributed by atoms with E-state index in [1.807, 2.05) is 29.8 Å². The van der Waals surface area contributed by atoms with Crippen molar-refractivity contribution in [2.45, 2.75) is 13.5 Å². The fraction of sp³-hybridized carbons (Fsp3) is 0.143. The maximum Gasteiger partial charge on any atom is 0.248 e. The summed E-state index contributed by atoms with van der Waals surface area (Å²) < 4.78 is 0. The molecule has 0 atom stereocenters. The molecule has 1 aromatic carbocycles. The molecule has 0 aliphatic rings. The minimum atomic E-state index is -0.264. The number of halogens is 1. The van der Waals surface area contributed by atoms with Gasteiger partial charge in [0.05, 0.1) is 10.7 Å². The first-order valence-electron chi connectivity index (χ1n) is 6.48. The Labute approximate surface area is 135 Å². The lowest BCUT2D eigenvalue weighted by Crippen LogP contribution is -2.20. The minimum absolute atomic E-state index is 0.0264. The average Bonchev–Trinajstić information content (AvgIpc) is 3.12. The normalized spacial score (nSPS) is 10.6. The number of carbonyl (C=O) groups excluding carboxylic acids is 1. The number of hydrogen-bond donors (Lipinski definition) is 1. The molecule has 0 radical (unpaired) electrons. The van der Waals surface area contributed by atoms with E-state index in [-0.39, 0.29) is 12.5 Å². The van der Waals surface area contributed by atoms with Gasteiger partial charge in [-0.05, 0) is 41.3 Å². The minimum Gasteiger partial charge on any atom is -0.323 e. The van der Waals surface area contributed by atoms with E-state index in [0.717, 1.165) is 11.1 Å². The predicted octanol–water partition coefficient (Wildman–Crippen LogP) is 3.00. The van der Waals surface area contributed by atoms with Crippen LogP contribution in [0.15, 0.2) is 35.0 Å². The smallest absolute Gasteiger partial charge is 0.248 e. The molecule has 1 N–H and O–H groups in total. The highest BCUT2D eigenvalue weighted by molar-refractivity contribution is 7.08. The number of carbonyl (C=O) groups is 1. The van der Waals surface area contributed by atoms with Gasteiger partial charge in [0.15, 0.2) is 0 Å². The Morgan fingerprint density at radius 2 is 2.27 bits per heavy atom. The maximum atomic E-state index is 12.0. The van der Waals surface area contributed by atoms with Crippen molar-refractivity contribution < 1.29 is 4.79 Å². The SMILES string of the molecule is Cc1ccc(NC(=O)Cn2nnc(-c3ccsc3)n2)c(Cl)c1. The van der Waals surface area contributed by atoms with Crippen molar-refractivity contribution in [3.63, 3.8) is 0 Å². The molecule has 0 spiro atoms. The summed E-state index contributed by atoms with van der Waals surface area (Å²) >= 11 is 7.64. The van der Waals surface area contributed by atoms with E-state index in [2.05, 4.69) is 20.7 Å². The van der Waals surface area contributed by atoms with Gasteiger partial charge in [0.25, 0.3) is 0 Å². The van der Waals surface area contributed by atoms with Crippen LogP contribution in [-0.4, -0.2) is 26.1 Å². The first-order valence-corrected chi connectivity index (χ1v) is 7.80. The van der Waals surface area contributed by atoms with E-state index in [1.54, 1.807) is 23.5 Å². The van der Waals surface area contributed by atoms with Crippen LogP contribution in [0.2, 0.25) is 5.02 Å². The average molecular weight is 334 g/mol. The van der Waals surface area contributed by atoms with Crippen molar-refractivity contribution in [3.05, 3.63) is 45.6 Å². The highest BCUT2D eigenvalue weighted by atomic mass is 35.5. The van der Waals surface area contributed by atoms with Crippen LogP contribution in [0.3, 0.4) is 0 Å². The van der Waals surface area contributed by atoms with Gasteiger partial charge in [-0.25, -0.2) is 0 Å². The summed E-state index contributed by atoms with van der Waals surface area (Å²) in [5.74, 6) is 0.238. The van der Waals surface area contributed by atoms with Gasteiger partial charge in [-0.1, -0.05) is 17.7 Å². The summed E-state index contributed by atoms with van der Waals surface area (Å²) in [4.78, 5) is 13.3. The van der Waals surface area contributed by atoms with Crippen LogP contribution < -0.4 is 5.32 Å². The third-order valence-electron chi connectivity index (χ3n) is 2.92. The number of aromatic nitrogens is 4. The van der Waals surface area contributed by atoms with Gasteiger partial charge in [-0.3, -0.25) is 4.79 Å². The molecule has 8 heteroatoms. The maximum absolute atomic E-state index is 12.0. The predicted molar refractivity (Wildman–Crippen MR) is 85.9 cm³/mol. The molecule has 0 aliphatic heterocycles. The lowest BCUT2D eigenvalue weighted by molar-refractivity contribution is -0.117. The Hall–Kier alpha value is -2.25. The van der Waals surface area contributed by atoms with Crippen LogP contribution in [0.1, 0.15) is 5.56 Å². The quantitative estimate of drug-likeness (QED) is 0.796. The Kier molecular flexibility index (Phi) is 4.17. The molecular formula is C14H12ClN5OS. The molecule has 0 fully saturated rings. The molecule has 1 amide bonds. The number of hydrogen-bond acceptors (Lipinski definition) is 5.